The molecule has 134 valence electrons. The molecule has 0 bridgehead atoms. The van der Waals surface area contributed by atoms with E-state index < -0.39 is 17.7 Å². The summed E-state index contributed by atoms with van der Waals surface area (Å²) in [5, 5.41) is 0. The van der Waals surface area contributed by atoms with E-state index >= 15 is 0 Å². The zero-order valence-electron chi connectivity index (χ0n) is 14.9. The third-order valence-corrected chi connectivity index (χ3v) is 4.19. The molecule has 4 N–H and O–H groups in total. The Morgan fingerprint density at radius 2 is 1.17 bits per heavy atom. The van der Waals surface area contributed by atoms with E-state index in [4.69, 9.17) is 11.5 Å². The third kappa shape index (κ3) is 14.0. The summed E-state index contributed by atoms with van der Waals surface area (Å²) in [6.45, 7) is 2.25. The van der Waals surface area contributed by atoms with Crippen molar-refractivity contribution in [2.45, 2.75) is 90.4 Å². The van der Waals surface area contributed by atoms with Crippen LogP contribution in [0, 0.1) is 5.92 Å². The van der Waals surface area contributed by atoms with Crippen molar-refractivity contribution in [1.29, 1.82) is 0 Å². The molecule has 0 aliphatic carbocycles. The van der Waals surface area contributed by atoms with Gasteiger partial charge in [0, 0.05) is 0 Å². The number of nitrogens with two attached hydrogens (primary N) is 2. The van der Waals surface area contributed by atoms with Crippen molar-refractivity contribution in [2.75, 3.05) is 0 Å². The van der Waals surface area contributed by atoms with E-state index in [1.807, 2.05) is 0 Å². The minimum Gasteiger partial charge on any atom is -0.369 e. The molecule has 0 unspecified atom stereocenters. The molecule has 0 saturated carbocycles. The van der Waals surface area contributed by atoms with Crippen LogP contribution in [0.5, 0.6) is 0 Å². The van der Waals surface area contributed by atoms with Gasteiger partial charge in [-0.25, -0.2) is 0 Å². The highest BCUT2D eigenvalue weighted by atomic mass is 16.2. The lowest BCUT2D eigenvalue weighted by Gasteiger charge is -2.08. The third-order valence-electron chi connectivity index (χ3n) is 4.19. The van der Waals surface area contributed by atoms with Crippen molar-refractivity contribution in [3.05, 3.63) is 12.2 Å². The Morgan fingerprint density at radius 3 is 1.65 bits per heavy atom. The summed E-state index contributed by atoms with van der Waals surface area (Å²) in [4.78, 5) is 22.0. The summed E-state index contributed by atoms with van der Waals surface area (Å²) >= 11 is 0. The molecule has 0 aromatic carbocycles. The molecule has 4 heteroatoms. The summed E-state index contributed by atoms with van der Waals surface area (Å²) in [5.74, 6) is -2.00. The first kappa shape index (κ1) is 21.7. The highest BCUT2D eigenvalue weighted by Crippen LogP contribution is 2.12. The lowest BCUT2D eigenvalue weighted by Crippen LogP contribution is -2.34. The van der Waals surface area contributed by atoms with Crippen LogP contribution in [-0.4, -0.2) is 11.8 Å². The Balaban J connectivity index is 3.37. The zero-order valence-corrected chi connectivity index (χ0v) is 14.9. The number of carbonyl (C=O) groups excluding carboxylic acids is 2. The number of primary amides is 2. The molecule has 0 aliphatic rings. The topological polar surface area (TPSA) is 86.2 Å². The molecule has 0 spiro atoms. The van der Waals surface area contributed by atoms with Gasteiger partial charge in [0.1, 0.15) is 5.92 Å². The monoisotopic (exact) mass is 324 g/mol. The van der Waals surface area contributed by atoms with Gasteiger partial charge in [0.15, 0.2) is 0 Å². The number of carbonyl (C=O) groups is 2. The lowest BCUT2D eigenvalue weighted by molar-refractivity contribution is -0.131. The van der Waals surface area contributed by atoms with Crippen LogP contribution in [0.25, 0.3) is 0 Å². The van der Waals surface area contributed by atoms with Crippen LogP contribution >= 0.6 is 0 Å². The normalized spacial score (nSPS) is 11.4. The summed E-state index contributed by atoms with van der Waals surface area (Å²) in [7, 11) is 0. The number of amides is 2. The Bertz CT molecular complexity index is 326. The van der Waals surface area contributed by atoms with Gasteiger partial charge in [-0.3, -0.25) is 9.59 Å². The predicted octanol–water partition coefficient (Wildman–Crippen LogP) is 4.22. The fraction of sp³-hybridized carbons (Fsp3) is 0.789. The van der Waals surface area contributed by atoms with Crippen LogP contribution in [0.4, 0.5) is 0 Å². The number of hydrogen-bond acceptors (Lipinski definition) is 2. The molecule has 2 amide bonds. The average Bonchev–Trinajstić information content (AvgIpc) is 2.50. The van der Waals surface area contributed by atoms with Gasteiger partial charge in [-0.15, -0.1) is 0 Å². The molecule has 0 radical (unpaired) electrons. The molecule has 0 rings (SSSR count). The van der Waals surface area contributed by atoms with E-state index in [-0.39, 0.29) is 0 Å². The van der Waals surface area contributed by atoms with Crippen LogP contribution < -0.4 is 11.5 Å². The fourth-order valence-electron chi connectivity index (χ4n) is 2.67. The Labute approximate surface area is 142 Å². The number of unbranched alkanes of at least 4 members (excludes halogenated alkanes) is 10. The van der Waals surface area contributed by atoms with Crippen molar-refractivity contribution in [1.82, 2.24) is 0 Å². The van der Waals surface area contributed by atoms with Crippen molar-refractivity contribution in [3.8, 4) is 0 Å². The summed E-state index contributed by atoms with van der Waals surface area (Å²) in [6, 6.07) is 0. The SMILES string of the molecule is CCCCCCCCC=CCCCCCCC(C(N)=O)C(N)=O. The van der Waals surface area contributed by atoms with E-state index in [1.165, 1.54) is 44.9 Å². The predicted molar refractivity (Wildman–Crippen MR) is 96.7 cm³/mol. The maximum absolute atomic E-state index is 11.0. The second-order valence-corrected chi connectivity index (χ2v) is 6.38. The van der Waals surface area contributed by atoms with Crippen LogP contribution in [0.3, 0.4) is 0 Å². The Morgan fingerprint density at radius 1 is 0.739 bits per heavy atom. The molecule has 4 nitrogen and oxygen atoms in total. The quantitative estimate of drug-likeness (QED) is 0.253. The van der Waals surface area contributed by atoms with Crippen LogP contribution in [0.15, 0.2) is 12.2 Å². The van der Waals surface area contributed by atoms with Crippen LogP contribution in [-0.2, 0) is 9.59 Å². The van der Waals surface area contributed by atoms with E-state index in [0.717, 1.165) is 32.1 Å². The van der Waals surface area contributed by atoms with E-state index in [0.29, 0.717) is 6.42 Å². The molecular weight excluding hydrogens is 288 g/mol. The van der Waals surface area contributed by atoms with Gasteiger partial charge in [0.25, 0.3) is 0 Å². The van der Waals surface area contributed by atoms with Gasteiger partial charge in [-0.1, -0.05) is 70.4 Å². The number of hydrogen-bond donors (Lipinski definition) is 2. The molecule has 23 heavy (non-hydrogen) atoms. The summed E-state index contributed by atoms with van der Waals surface area (Å²) < 4.78 is 0. The van der Waals surface area contributed by atoms with Gasteiger partial charge >= 0.3 is 0 Å². The van der Waals surface area contributed by atoms with E-state index in [9.17, 15) is 9.59 Å². The molecule has 0 aliphatic heterocycles. The van der Waals surface area contributed by atoms with Crippen molar-refractivity contribution >= 4 is 11.8 Å². The molecule has 0 aromatic rings. The fourth-order valence-corrected chi connectivity index (χ4v) is 2.67. The highest BCUT2D eigenvalue weighted by molar-refractivity contribution is 5.98. The minimum atomic E-state index is -0.799. The second-order valence-electron chi connectivity index (χ2n) is 6.38. The minimum absolute atomic E-state index is 0.485. The zero-order chi connectivity index (χ0) is 17.3. The smallest absolute Gasteiger partial charge is 0.229 e. The van der Waals surface area contributed by atoms with Gasteiger partial charge in [0.05, 0.1) is 0 Å². The first-order valence-corrected chi connectivity index (χ1v) is 9.33. The maximum atomic E-state index is 11.0. The maximum Gasteiger partial charge on any atom is 0.229 e. The lowest BCUT2D eigenvalue weighted by atomic mass is 9.99. The number of allylic oxidation sites excluding steroid dienone is 2. The molecule has 0 saturated heterocycles. The van der Waals surface area contributed by atoms with Crippen LogP contribution in [0.2, 0.25) is 0 Å². The standard InChI is InChI=1S/C19H36N2O2/c1-2-3-4-5-6-7-8-9-10-11-12-13-14-15-16-17(18(20)22)19(21)23/h9-10,17H,2-8,11-16H2,1H3,(H2,20,22)(H2,21,23). The molecular formula is C19H36N2O2. The van der Waals surface area contributed by atoms with Gasteiger partial charge in [-0.2, -0.15) is 0 Å². The van der Waals surface area contributed by atoms with Gasteiger partial charge < -0.3 is 11.5 Å². The summed E-state index contributed by atoms with van der Waals surface area (Å²) in [6.07, 6.45) is 19.6. The molecule has 0 heterocycles. The summed E-state index contributed by atoms with van der Waals surface area (Å²) in [5.41, 5.74) is 10.3. The van der Waals surface area contributed by atoms with Crippen LogP contribution in [0.1, 0.15) is 90.4 Å². The highest BCUT2D eigenvalue weighted by Gasteiger charge is 2.20. The van der Waals surface area contributed by atoms with Crippen molar-refractivity contribution in [3.63, 3.8) is 0 Å². The average molecular weight is 325 g/mol. The largest absolute Gasteiger partial charge is 0.369 e. The molecule has 0 atom stereocenters. The first-order valence-electron chi connectivity index (χ1n) is 9.33. The molecule has 0 fully saturated rings. The van der Waals surface area contributed by atoms with E-state index in [1.54, 1.807) is 0 Å². The van der Waals surface area contributed by atoms with Gasteiger partial charge in [0.2, 0.25) is 11.8 Å². The van der Waals surface area contributed by atoms with Gasteiger partial charge in [-0.05, 0) is 32.1 Å². The number of rotatable bonds is 16. The Kier molecular flexibility index (Phi) is 14.7. The molecule has 0 aromatic heterocycles. The van der Waals surface area contributed by atoms with Crippen molar-refractivity contribution in [2.24, 2.45) is 17.4 Å². The van der Waals surface area contributed by atoms with E-state index in [2.05, 4.69) is 19.1 Å². The first-order chi connectivity index (χ1) is 11.1. The van der Waals surface area contributed by atoms with Crippen molar-refractivity contribution < 1.29 is 9.59 Å². The Hall–Kier alpha value is -1.32. The second kappa shape index (κ2) is 15.6.